The minimum Gasteiger partial charge on any atom is -0.380 e. The first kappa shape index (κ1) is 12.8. The first-order valence-corrected chi connectivity index (χ1v) is 5.97. The van der Waals surface area contributed by atoms with Crippen LogP contribution >= 0.6 is 0 Å². The molecule has 0 amide bonds. The van der Waals surface area contributed by atoms with E-state index in [1.165, 1.54) is 11.1 Å². The maximum absolute atomic E-state index is 5.12. The van der Waals surface area contributed by atoms with Crippen LogP contribution in [0, 0.1) is 6.92 Å². The fourth-order valence-corrected chi connectivity index (χ4v) is 1.75. The van der Waals surface area contributed by atoms with Gasteiger partial charge in [-0.05, 0) is 18.1 Å². The van der Waals surface area contributed by atoms with Gasteiger partial charge in [0, 0.05) is 19.7 Å². The summed E-state index contributed by atoms with van der Waals surface area (Å²) in [5, 5.41) is 7.16. The van der Waals surface area contributed by atoms with Gasteiger partial charge in [-0.3, -0.25) is 0 Å². The highest BCUT2D eigenvalue weighted by Crippen LogP contribution is 2.06. The van der Waals surface area contributed by atoms with Gasteiger partial charge in [0.15, 0.2) is 5.76 Å². The Morgan fingerprint density at radius 1 is 1.17 bits per heavy atom. The van der Waals surface area contributed by atoms with Gasteiger partial charge in [-0.1, -0.05) is 29.4 Å². The van der Waals surface area contributed by atoms with Gasteiger partial charge in [0.05, 0.1) is 18.8 Å². The van der Waals surface area contributed by atoms with Gasteiger partial charge in [-0.25, -0.2) is 0 Å². The molecule has 0 aliphatic heterocycles. The van der Waals surface area contributed by atoms with Gasteiger partial charge >= 0.3 is 0 Å². The van der Waals surface area contributed by atoms with Crippen molar-refractivity contribution in [2.45, 2.75) is 26.6 Å². The Bertz CT molecular complexity index is 477. The van der Waals surface area contributed by atoms with Gasteiger partial charge in [-0.15, -0.1) is 0 Å². The Balaban J connectivity index is 1.79. The van der Waals surface area contributed by atoms with E-state index in [9.17, 15) is 0 Å². The molecule has 0 aliphatic rings. The van der Waals surface area contributed by atoms with E-state index in [1.807, 2.05) is 13.0 Å². The molecule has 96 valence electrons. The van der Waals surface area contributed by atoms with Crippen LogP contribution in [0.25, 0.3) is 0 Å². The summed E-state index contributed by atoms with van der Waals surface area (Å²) < 4.78 is 10.2. The molecule has 1 aromatic carbocycles. The summed E-state index contributed by atoms with van der Waals surface area (Å²) in [6.07, 6.45) is 0. The molecular formula is C14H18N2O2. The summed E-state index contributed by atoms with van der Waals surface area (Å²) in [4.78, 5) is 0. The molecule has 1 heterocycles. The van der Waals surface area contributed by atoms with Gasteiger partial charge < -0.3 is 14.6 Å². The van der Waals surface area contributed by atoms with Gasteiger partial charge in [0.1, 0.15) is 0 Å². The molecule has 2 rings (SSSR count). The van der Waals surface area contributed by atoms with Crippen molar-refractivity contribution in [1.29, 1.82) is 0 Å². The molecule has 0 aliphatic carbocycles. The van der Waals surface area contributed by atoms with E-state index in [1.54, 1.807) is 7.11 Å². The van der Waals surface area contributed by atoms with Crippen LogP contribution in [0.1, 0.15) is 22.6 Å². The molecule has 1 aromatic heterocycles. The number of rotatable bonds is 6. The van der Waals surface area contributed by atoms with E-state index in [0.717, 1.165) is 18.0 Å². The number of benzene rings is 1. The smallest absolute Gasteiger partial charge is 0.150 e. The minimum atomic E-state index is 0.658. The third kappa shape index (κ3) is 3.68. The van der Waals surface area contributed by atoms with Crippen LogP contribution in [0.2, 0.25) is 0 Å². The summed E-state index contributed by atoms with van der Waals surface area (Å²) in [7, 11) is 1.70. The topological polar surface area (TPSA) is 47.3 Å². The Kier molecular flexibility index (Phi) is 4.50. The lowest BCUT2D eigenvalue weighted by Crippen LogP contribution is -2.12. The summed E-state index contributed by atoms with van der Waals surface area (Å²) in [6, 6.07) is 10.3. The molecule has 18 heavy (non-hydrogen) atoms. The fraction of sp³-hybridized carbons (Fsp3) is 0.357. The van der Waals surface area contributed by atoms with Gasteiger partial charge in [-0.2, -0.15) is 0 Å². The van der Waals surface area contributed by atoms with E-state index >= 15 is 0 Å². The van der Waals surface area contributed by atoms with E-state index in [-0.39, 0.29) is 0 Å². The Hall–Kier alpha value is -1.65. The van der Waals surface area contributed by atoms with Gasteiger partial charge in [0.25, 0.3) is 0 Å². The molecule has 2 aromatic rings. The normalized spacial score (nSPS) is 10.8. The minimum absolute atomic E-state index is 0.658. The highest BCUT2D eigenvalue weighted by molar-refractivity contribution is 5.22. The van der Waals surface area contributed by atoms with E-state index < -0.39 is 0 Å². The number of methoxy groups -OCH3 is 1. The average molecular weight is 246 g/mol. The third-order valence-electron chi connectivity index (χ3n) is 2.64. The summed E-state index contributed by atoms with van der Waals surface area (Å²) in [5.41, 5.74) is 3.34. The number of aryl methyl sites for hydroxylation is 1. The molecule has 0 saturated carbocycles. The molecule has 1 N–H and O–H groups in total. The van der Waals surface area contributed by atoms with Crippen LogP contribution in [-0.2, 0) is 24.4 Å². The van der Waals surface area contributed by atoms with Gasteiger partial charge in [0.2, 0.25) is 0 Å². The number of hydrogen-bond acceptors (Lipinski definition) is 4. The first-order valence-electron chi connectivity index (χ1n) is 5.97. The Morgan fingerprint density at radius 2 is 1.89 bits per heavy atom. The molecule has 0 radical (unpaired) electrons. The van der Waals surface area contributed by atoms with Crippen LogP contribution in [0.3, 0.4) is 0 Å². The van der Waals surface area contributed by atoms with Crippen LogP contribution in [0.4, 0.5) is 0 Å². The molecule has 0 atom stereocenters. The number of hydrogen-bond donors (Lipinski definition) is 1. The molecule has 0 spiro atoms. The highest BCUT2D eigenvalue weighted by atomic mass is 16.5. The number of nitrogens with one attached hydrogen (secondary N) is 1. The monoisotopic (exact) mass is 246 g/mol. The van der Waals surface area contributed by atoms with Crippen molar-refractivity contribution in [2.75, 3.05) is 7.11 Å². The van der Waals surface area contributed by atoms with Crippen LogP contribution < -0.4 is 5.32 Å². The maximum Gasteiger partial charge on any atom is 0.150 e. The number of ether oxygens (including phenoxy) is 1. The lowest BCUT2D eigenvalue weighted by atomic mass is 10.1. The third-order valence-corrected chi connectivity index (χ3v) is 2.64. The quantitative estimate of drug-likeness (QED) is 0.850. The summed E-state index contributed by atoms with van der Waals surface area (Å²) >= 11 is 0. The van der Waals surface area contributed by atoms with E-state index in [2.05, 4.69) is 34.7 Å². The van der Waals surface area contributed by atoms with E-state index in [0.29, 0.717) is 13.2 Å². The van der Waals surface area contributed by atoms with E-state index in [4.69, 9.17) is 9.26 Å². The van der Waals surface area contributed by atoms with Crippen LogP contribution in [0.15, 0.2) is 34.9 Å². The van der Waals surface area contributed by atoms with Crippen molar-refractivity contribution in [1.82, 2.24) is 10.5 Å². The SMILES string of the molecule is COCc1ccc(CNCc2cc(C)no2)cc1. The molecular weight excluding hydrogens is 228 g/mol. The van der Waals surface area contributed by atoms with Crippen molar-refractivity contribution in [3.8, 4) is 0 Å². The lowest BCUT2D eigenvalue weighted by Gasteiger charge is -2.04. The predicted octanol–water partition coefficient (Wildman–Crippen LogP) is 2.42. The fourth-order valence-electron chi connectivity index (χ4n) is 1.75. The van der Waals surface area contributed by atoms with Crippen LogP contribution in [-0.4, -0.2) is 12.3 Å². The number of aromatic nitrogens is 1. The van der Waals surface area contributed by atoms with Crippen molar-refractivity contribution >= 4 is 0 Å². The molecule has 0 unspecified atom stereocenters. The predicted molar refractivity (Wildman–Crippen MR) is 68.9 cm³/mol. The van der Waals surface area contributed by atoms with Crippen molar-refractivity contribution in [3.63, 3.8) is 0 Å². The van der Waals surface area contributed by atoms with Crippen molar-refractivity contribution < 1.29 is 9.26 Å². The zero-order valence-electron chi connectivity index (χ0n) is 10.8. The first-order chi connectivity index (χ1) is 8.78. The largest absolute Gasteiger partial charge is 0.380 e. The van der Waals surface area contributed by atoms with Crippen molar-refractivity contribution in [2.24, 2.45) is 0 Å². The standard InChI is InChI=1S/C14H18N2O2/c1-11-7-14(18-16-11)9-15-8-12-3-5-13(6-4-12)10-17-2/h3-7,15H,8-10H2,1-2H3. The Morgan fingerprint density at radius 3 is 2.50 bits per heavy atom. The molecule has 0 fully saturated rings. The molecule has 4 nitrogen and oxygen atoms in total. The molecule has 0 bridgehead atoms. The number of nitrogens with zero attached hydrogens (tertiary/aromatic N) is 1. The molecule has 4 heteroatoms. The second-order valence-corrected chi connectivity index (χ2v) is 4.29. The average Bonchev–Trinajstić information content (AvgIpc) is 2.78. The summed E-state index contributed by atoms with van der Waals surface area (Å²) in [5.74, 6) is 0.864. The second-order valence-electron chi connectivity index (χ2n) is 4.29. The van der Waals surface area contributed by atoms with Crippen LogP contribution in [0.5, 0.6) is 0 Å². The Labute approximate surface area is 107 Å². The van der Waals surface area contributed by atoms with Crippen molar-refractivity contribution in [3.05, 3.63) is 52.9 Å². The second kappa shape index (κ2) is 6.33. The maximum atomic E-state index is 5.12. The zero-order chi connectivity index (χ0) is 12.8. The zero-order valence-corrected chi connectivity index (χ0v) is 10.8. The summed E-state index contributed by atoms with van der Waals surface area (Å²) in [6.45, 7) is 4.08. The highest BCUT2D eigenvalue weighted by Gasteiger charge is 2.00. The lowest BCUT2D eigenvalue weighted by molar-refractivity contribution is 0.185. The molecule has 0 saturated heterocycles.